The molecule has 0 aliphatic heterocycles. The summed E-state index contributed by atoms with van der Waals surface area (Å²) >= 11 is 0. The average Bonchev–Trinajstić information content (AvgIpc) is 3.08. The highest BCUT2D eigenvalue weighted by Crippen LogP contribution is 2.48. The number of carbonyl (C=O) groups excluding carboxylic acids is 1. The maximum atomic E-state index is 13.0. The molecule has 1 aromatic rings. The minimum Gasteiger partial charge on any atom is -0.466 e. The Morgan fingerprint density at radius 3 is 2.45 bits per heavy atom. The molecular weight excluding hydrogens is 300 g/mol. The van der Waals surface area contributed by atoms with Crippen molar-refractivity contribution in [3.8, 4) is 0 Å². The first kappa shape index (κ1) is 15.3. The topological polar surface area (TPSA) is 60.4 Å². The van der Waals surface area contributed by atoms with E-state index in [1.54, 1.807) is 31.2 Å². The monoisotopic (exact) mass is 320 g/mol. The minimum atomic E-state index is -3.55. The van der Waals surface area contributed by atoms with Crippen LogP contribution >= 0.6 is 0 Å². The van der Waals surface area contributed by atoms with Crippen molar-refractivity contribution in [3.05, 3.63) is 42.0 Å². The summed E-state index contributed by atoms with van der Waals surface area (Å²) in [5.41, 5.74) is 1.01. The van der Waals surface area contributed by atoms with E-state index in [0.29, 0.717) is 4.90 Å². The zero-order chi connectivity index (χ0) is 15.9. The van der Waals surface area contributed by atoms with Crippen LogP contribution in [0.15, 0.2) is 41.3 Å². The van der Waals surface area contributed by atoms with Gasteiger partial charge in [0.25, 0.3) is 0 Å². The summed E-state index contributed by atoms with van der Waals surface area (Å²) in [5, 5.41) is -0.704. The first-order valence-electron chi connectivity index (χ1n) is 7.60. The number of hydrogen-bond donors (Lipinski definition) is 0. The molecule has 0 spiro atoms. The lowest BCUT2D eigenvalue weighted by atomic mass is 9.93. The van der Waals surface area contributed by atoms with Gasteiger partial charge in [0.15, 0.2) is 9.84 Å². The van der Waals surface area contributed by atoms with Crippen LogP contribution in [-0.4, -0.2) is 26.2 Å². The van der Waals surface area contributed by atoms with E-state index < -0.39 is 21.0 Å². The summed E-state index contributed by atoms with van der Waals surface area (Å²) in [6, 6.07) is 6.83. The number of carbonyl (C=O) groups is 1. The molecule has 0 aromatic heterocycles. The molecule has 4 nitrogen and oxygen atoms in total. The Morgan fingerprint density at radius 2 is 1.82 bits per heavy atom. The summed E-state index contributed by atoms with van der Waals surface area (Å²) in [6.07, 6.45) is 4.63. The minimum absolute atomic E-state index is 0.0192. The van der Waals surface area contributed by atoms with Gasteiger partial charge in [-0.1, -0.05) is 29.8 Å². The number of ether oxygens (including phenoxy) is 1. The number of allylic oxidation sites excluding steroid dienone is 2. The van der Waals surface area contributed by atoms with Crippen LogP contribution in [0.2, 0.25) is 0 Å². The van der Waals surface area contributed by atoms with Crippen LogP contribution in [-0.2, 0) is 19.4 Å². The number of hydrogen-bond acceptors (Lipinski definition) is 4. The Bertz CT molecular complexity index is 703. The second-order valence-corrected chi connectivity index (χ2v) is 8.15. The Balaban J connectivity index is 1.99. The van der Waals surface area contributed by atoms with Gasteiger partial charge in [-0.3, -0.25) is 4.79 Å². The molecule has 118 valence electrons. The van der Waals surface area contributed by atoms with E-state index in [2.05, 4.69) is 0 Å². The van der Waals surface area contributed by atoms with Crippen molar-refractivity contribution < 1.29 is 17.9 Å². The number of fused-ring (bicyclic) bond motifs is 2. The fourth-order valence-electron chi connectivity index (χ4n) is 3.63. The van der Waals surface area contributed by atoms with Crippen LogP contribution in [0.4, 0.5) is 0 Å². The zero-order valence-electron chi connectivity index (χ0n) is 12.7. The summed E-state index contributed by atoms with van der Waals surface area (Å²) in [4.78, 5) is 12.5. The summed E-state index contributed by atoms with van der Waals surface area (Å²) in [7, 11) is -3.55. The van der Waals surface area contributed by atoms with E-state index >= 15 is 0 Å². The predicted octanol–water partition coefficient (Wildman–Crippen LogP) is 2.52. The molecule has 1 saturated carbocycles. The number of aryl methyl sites for hydroxylation is 1. The SMILES string of the molecule is CCOC(=O)[C@@H]1[C@H](S(=O)(=O)c2ccc(C)cc2)[C@@H]2C=C[C@H]1C2. The fraction of sp³-hybridized carbons (Fsp3) is 0.471. The molecular formula is C17H20O4S. The van der Waals surface area contributed by atoms with Crippen molar-refractivity contribution in [1.82, 2.24) is 0 Å². The Labute approximate surface area is 131 Å². The van der Waals surface area contributed by atoms with Crippen molar-refractivity contribution in [2.75, 3.05) is 6.61 Å². The molecule has 2 bridgehead atoms. The zero-order valence-corrected chi connectivity index (χ0v) is 13.5. The molecule has 1 fully saturated rings. The molecule has 0 amide bonds. The van der Waals surface area contributed by atoms with Crippen molar-refractivity contribution in [3.63, 3.8) is 0 Å². The predicted molar refractivity (Wildman–Crippen MR) is 83.0 cm³/mol. The quantitative estimate of drug-likeness (QED) is 0.632. The first-order valence-corrected chi connectivity index (χ1v) is 9.15. The smallest absolute Gasteiger partial charge is 0.310 e. The second kappa shape index (κ2) is 5.54. The lowest BCUT2D eigenvalue weighted by Crippen LogP contribution is -2.39. The Kier molecular flexibility index (Phi) is 3.85. The van der Waals surface area contributed by atoms with Gasteiger partial charge in [-0.05, 0) is 44.2 Å². The number of rotatable bonds is 4. The van der Waals surface area contributed by atoms with Crippen molar-refractivity contribution in [2.45, 2.75) is 30.4 Å². The van der Waals surface area contributed by atoms with Crippen molar-refractivity contribution in [2.24, 2.45) is 17.8 Å². The molecule has 0 N–H and O–H groups in total. The normalized spacial score (nSPS) is 29.7. The lowest BCUT2D eigenvalue weighted by molar-refractivity contribution is -0.148. The molecule has 3 rings (SSSR count). The van der Waals surface area contributed by atoms with E-state index in [1.165, 1.54) is 0 Å². The van der Waals surface area contributed by atoms with Gasteiger partial charge < -0.3 is 4.74 Å². The molecule has 0 unspecified atom stereocenters. The van der Waals surface area contributed by atoms with Crippen LogP contribution in [0.1, 0.15) is 18.9 Å². The third-order valence-corrected chi connectivity index (χ3v) is 6.94. The molecule has 2 aliphatic rings. The van der Waals surface area contributed by atoms with Crippen molar-refractivity contribution in [1.29, 1.82) is 0 Å². The van der Waals surface area contributed by atoms with Gasteiger partial charge in [0.2, 0.25) is 0 Å². The van der Waals surface area contributed by atoms with Gasteiger partial charge in [0, 0.05) is 0 Å². The molecule has 22 heavy (non-hydrogen) atoms. The largest absolute Gasteiger partial charge is 0.466 e. The molecule has 0 radical (unpaired) electrons. The number of esters is 1. The molecule has 4 atom stereocenters. The third kappa shape index (κ3) is 2.37. The molecule has 1 aromatic carbocycles. The maximum Gasteiger partial charge on any atom is 0.310 e. The second-order valence-electron chi connectivity index (χ2n) is 6.05. The van der Waals surface area contributed by atoms with E-state index in [4.69, 9.17) is 4.74 Å². The summed E-state index contributed by atoms with van der Waals surface area (Å²) < 4.78 is 31.1. The van der Waals surface area contributed by atoms with Gasteiger partial charge in [-0.25, -0.2) is 8.42 Å². The standard InChI is InChI=1S/C17H20O4S/c1-3-21-17(18)15-12-6-7-13(10-12)16(15)22(19,20)14-8-4-11(2)5-9-14/h4-9,12-13,15-16H,3,10H2,1-2H3/t12-,13+,15-,16+/m0/s1. The van der Waals surface area contributed by atoms with E-state index in [9.17, 15) is 13.2 Å². The van der Waals surface area contributed by atoms with E-state index in [0.717, 1.165) is 12.0 Å². The summed E-state index contributed by atoms with van der Waals surface area (Å²) in [5.74, 6) is -1.08. The number of sulfone groups is 1. The summed E-state index contributed by atoms with van der Waals surface area (Å²) in [6.45, 7) is 3.93. The van der Waals surface area contributed by atoms with Crippen LogP contribution < -0.4 is 0 Å². The molecule has 5 heteroatoms. The van der Waals surface area contributed by atoms with Gasteiger partial charge >= 0.3 is 5.97 Å². The Morgan fingerprint density at radius 1 is 1.18 bits per heavy atom. The van der Waals surface area contributed by atoms with Crippen molar-refractivity contribution >= 4 is 15.8 Å². The van der Waals surface area contributed by atoms with Crippen LogP contribution in [0, 0.1) is 24.7 Å². The van der Waals surface area contributed by atoms with Crippen LogP contribution in [0.3, 0.4) is 0 Å². The number of benzene rings is 1. The molecule has 2 aliphatic carbocycles. The van der Waals surface area contributed by atoms with E-state index in [1.807, 2.05) is 19.1 Å². The highest BCUT2D eigenvalue weighted by molar-refractivity contribution is 7.92. The van der Waals surface area contributed by atoms with Gasteiger partial charge in [-0.2, -0.15) is 0 Å². The van der Waals surface area contributed by atoms with E-state index in [-0.39, 0.29) is 24.4 Å². The highest BCUT2D eigenvalue weighted by atomic mass is 32.2. The van der Waals surface area contributed by atoms with Crippen LogP contribution in [0.5, 0.6) is 0 Å². The average molecular weight is 320 g/mol. The lowest BCUT2D eigenvalue weighted by Gasteiger charge is -2.26. The highest BCUT2D eigenvalue weighted by Gasteiger charge is 2.54. The fourth-order valence-corrected chi connectivity index (χ4v) is 5.82. The van der Waals surface area contributed by atoms with Gasteiger partial charge in [0.05, 0.1) is 22.7 Å². The first-order chi connectivity index (χ1) is 10.4. The molecule has 0 saturated heterocycles. The van der Waals surface area contributed by atoms with Crippen LogP contribution in [0.25, 0.3) is 0 Å². The maximum absolute atomic E-state index is 13.0. The molecule has 0 heterocycles. The van der Waals surface area contributed by atoms with Gasteiger partial charge in [-0.15, -0.1) is 0 Å². The Hall–Kier alpha value is -1.62. The van der Waals surface area contributed by atoms with Gasteiger partial charge in [0.1, 0.15) is 0 Å². The third-order valence-electron chi connectivity index (χ3n) is 4.65.